The van der Waals surface area contributed by atoms with Gasteiger partial charge >= 0.3 is 5.97 Å². The number of ether oxygens (including phenoxy) is 2. The van der Waals surface area contributed by atoms with Crippen molar-refractivity contribution in [3.8, 4) is 11.1 Å². The van der Waals surface area contributed by atoms with Crippen molar-refractivity contribution in [3.63, 3.8) is 0 Å². The number of hydrogen-bond donors (Lipinski definition) is 1. The second kappa shape index (κ2) is 14.5. The van der Waals surface area contributed by atoms with E-state index in [9.17, 15) is 18.8 Å². The molecule has 1 aliphatic heterocycles. The Hall–Kier alpha value is -4.86. The first-order chi connectivity index (χ1) is 21.4. The van der Waals surface area contributed by atoms with E-state index in [-0.39, 0.29) is 42.2 Å². The number of nitrogens with one attached hydrogen (secondary N) is 1. The van der Waals surface area contributed by atoms with Crippen LogP contribution in [0.5, 0.6) is 0 Å². The molecule has 4 aromatic carbocycles. The Morgan fingerprint density at radius 3 is 1.95 bits per heavy atom. The first-order valence-corrected chi connectivity index (χ1v) is 14.4. The van der Waals surface area contributed by atoms with Gasteiger partial charge in [-0.15, -0.1) is 0 Å². The number of rotatable bonds is 10. The molecule has 9 heteroatoms. The number of carbonyl (C=O) groups excluding carboxylic acids is 3. The number of nitrogens with zero attached hydrogens (tertiary/aromatic N) is 2. The van der Waals surface area contributed by atoms with Gasteiger partial charge in [0.2, 0.25) is 11.8 Å². The van der Waals surface area contributed by atoms with E-state index in [0.29, 0.717) is 37.3 Å². The summed E-state index contributed by atoms with van der Waals surface area (Å²) < 4.78 is 23.7. The Morgan fingerprint density at radius 1 is 0.773 bits per heavy atom. The van der Waals surface area contributed by atoms with Crippen LogP contribution in [-0.2, 0) is 19.1 Å². The van der Waals surface area contributed by atoms with Crippen LogP contribution in [0.1, 0.15) is 27.5 Å². The third-order valence-electron chi connectivity index (χ3n) is 7.60. The van der Waals surface area contributed by atoms with E-state index in [1.807, 2.05) is 36.4 Å². The summed E-state index contributed by atoms with van der Waals surface area (Å²) in [6.45, 7) is 1.90. The van der Waals surface area contributed by atoms with Crippen molar-refractivity contribution < 1.29 is 28.2 Å². The molecule has 226 valence electrons. The molecule has 0 aromatic heterocycles. The number of benzene rings is 4. The first kappa shape index (κ1) is 30.6. The Balaban J connectivity index is 1.13. The van der Waals surface area contributed by atoms with Crippen molar-refractivity contribution in [2.45, 2.75) is 6.04 Å². The van der Waals surface area contributed by atoms with E-state index >= 15 is 0 Å². The molecule has 0 saturated carbocycles. The Kier molecular flexibility index (Phi) is 10.1. The largest absolute Gasteiger partial charge is 0.465 e. The van der Waals surface area contributed by atoms with Gasteiger partial charge in [0.05, 0.1) is 24.4 Å². The molecule has 0 bridgehead atoms. The summed E-state index contributed by atoms with van der Waals surface area (Å²) in [5.41, 5.74) is 4.14. The van der Waals surface area contributed by atoms with E-state index in [1.54, 1.807) is 35.2 Å². The highest BCUT2D eigenvalue weighted by Crippen LogP contribution is 2.30. The highest BCUT2D eigenvalue weighted by molar-refractivity contribution is 6.02. The molecule has 5 rings (SSSR count). The minimum absolute atomic E-state index is 0.0919. The molecule has 1 saturated heterocycles. The van der Waals surface area contributed by atoms with E-state index in [0.717, 1.165) is 0 Å². The topological polar surface area (TPSA) is 88.2 Å². The van der Waals surface area contributed by atoms with Gasteiger partial charge in [-0.1, -0.05) is 78.9 Å². The lowest BCUT2D eigenvalue weighted by molar-refractivity contribution is -0.139. The maximum Gasteiger partial charge on any atom is 0.339 e. The molecule has 1 fully saturated rings. The molecule has 2 amide bonds. The lowest BCUT2D eigenvalue weighted by atomic mass is 9.96. The number of halogens is 1. The Labute approximate surface area is 256 Å². The van der Waals surface area contributed by atoms with Gasteiger partial charge in [-0.2, -0.15) is 0 Å². The van der Waals surface area contributed by atoms with Crippen LogP contribution in [0.2, 0.25) is 0 Å². The van der Waals surface area contributed by atoms with Crippen LogP contribution >= 0.6 is 0 Å². The van der Waals surface area contributed by atoms with Gasteiger partial charge < -0.3 is 19.7 Å². The van der Waals surface area contributed by atoms with Crippen molar-refractivity contribution in [3.05, 3.63) is 126 Å². The average Bonchev–Trinajstić information content (AvgIpc) is 3.06. The van der Waals surface area contributed by atoms with Crippen molar-refractivity contribution in [1.29, 1.82) is 0 Å². The minimum Gasteiger partial charge on any atom is -0.465 e. The number of amides is 2. The van der Waals surface area contributed by atoms with E-state index < -0.39 is 11.9 Å². The van der Waals surface area contributed by atoms with Gasteiger partial charge in [-0.05, 0) is 46.5 Å². The Morgan fingerprint density at radius 2 is 1.36 bits per heavy atom. The van der Waals surface area contributed by atoms with E-state index in [2.05, 4.69) is 34.5 Å². The molecular formula is C35H34FN3O5. The average molecular weight is 596 g/mol. The third kappa shape index (κ3) is 7.55. The van der Waals surface area contributed by atoms with Gasteiger partial charge in [0, 0.05) is 26.2 Å². The second-order valence-electron chi connectivity index (χ2n) is 10.4. The molecule has 0 atom stereocenters. The van der Waals surface area contributed by atoms with Crippen LogP contribution in [0.3, 0.4) is 0 Å². The summed E-state index contributed by atoms with van der Waals surface area (Å²) >= 11 is 0. The lowest BCUT2D eigenvalue weighted by Gasteiger charge is -2.39. The number of hydrogen-bond acceptors (Lipinski definition) is 6. The molecule has 0 spiro atoms. The molecular weight excluding hydrogens is 561 g/mol. The van der Waals surface area contributed by atoms with Crippen LogP contribution in [0.15, 0.2) is 103 Å². The molecule has 0 unspecified atom stereocenters. The zero-order valence-corrected chi connectivity index (χ0v) is 24.4. The minimum atomic E-state index is -0.638. The van der Waals surface area contributed by atoms with Gasteiger partial charge in [-0.25, -0.2) is 9.18 Å². The van der Waals surface area contributed by atoms with Gasteiger partial charge in [0.1, 0.15) is 19.0 Å². The standard InChI is InChI=1S/C35H34FN3O5/c1-43-35(42)30-22-28(25-12-15-29(36)16-13-25)14-17-31(30)37-32(40)23-44-24-33(41)38-18-20-39(21-19-38)34(26-8-4-2-5-9-26)27-10-6-3-7-11-27/h2-17,22,34H,18-21,23-24H2,1H3,(H,37,40). The smallest absolute Gasteiger partial charge is 0.339 e. The summed E-state index contributed by atoms with van der Waals surface area (Å²) in [5, 5.41) is 2.66. The zero-order chi connectivity index (χ0) is 30.9. The fourth-order valence-corrected chi connectivity index (χ4v) is 5.38. The fraction of sp³-hybridized carbons (Fsp3) is 0.229. The number of piperazine rings is 1. The molecule has 44 heavy (non-hydrogen) atoms. The fourth-order valence-electron chi connectivity index (χ4n) is 5.38. The van der Waals surface area contributed by atoms with Crippen LogP contribution < -0.4 is 5.32 Å². The normalized spacial score (nSPS) is 13.5. The van der Waals surface area contributed by atoms with Crippen LogP contribution in [0, 0.1) is 5.82 Å². The zero-order valence-electron chi connectivity index (χ0n) is 24.4. The van der Waals surface area contributed by atoms with Crippen LogP contribution in [0.25, 0.3) is 11.1 Å². The quantitative estimate of drug-likeness (QED) is 0.255. The molecule has 1 heterocycles. The lowest BCUT2D eigenvalue weighted by Crippen LogP contribution is -2.50. The molecule has 0 aliphatic carbocycles. The van der Waals surface area contributed by atoms with Gasteiger partial charge in [0.25, 0.3) is 0 Å². The maximum atomic E-state index is 13.3. The first-order valence-electron chi connectivity index (χ1n) is 14.4. The van der Waals surface area contributed by atoms with E-state index in [4.69, 9.17) is 9.47 Å². The number of carbonyl (C=O) groups is 3. The Bertz CT molecular complexity index is 1530. The molecule has 1 N–H and O–H groups in total. The molecule has 8 nitrogen and oxygen atoms in total. The summed E-state index contributed by atoms with van der Waals surface area (Å²) in [6.07, 6.45) is 0. The SMILES string of the molecule is COC(=O)c1cc(-c2ccc(F)cc2)ccc1NC(=O)COCC(=O)N1CCN(C(c2ccccc2)c2ccccc2)CC1. The van der Waals surface area contributed by atoms with Crippen molar-refractivity contribution in [1.82, 2.24) is 9.80 Å². The second-order valence-corrected chi connectivity index (χ2v) is 10.4. The highest BCUT2D eigenvalue weighted by atomic mass is 19.1. The summed E-state index contributed by atoms with van der Waals surface area (Å²) in [6, 6.07) is 31.5. The summed E-state index contributed by atoms with van der Waals surface area (Å²) in [5.74, 6) is -1.71. The highest BCUT2D eigenvalue weighted by Gasteiger charge is 2.28. The number of esters is 1. The van der Waals surface area contributed by atoms with Crippen molar-refractivity contribution in [2.24, 2.45) is 0 Å². The number of methoxy groups -OCH3 is 1. The van der Waals surface area contributed by atoms with Crippen LogP contribution in [-0.4, -0.2) is 74.1 Å². The van der Waals surface area contributed by atoms with Gasteiger partial charge in [-0.3, -0.25) is 14.5 Å². The summed E-state index contributed by atoms with van der Waals surface area (Å²) in [4.78, 5) is 42.1. The predicted molar refractivity (Wildman–Crippen MR) is 166 cm³/mol. The predicted octanol–water partition coefficient (Wildman–Crippen LogP) is 5.17. The maximum absolute atomic E-state index is 13.3. The van der Waals surface area contributed by atoms with E-state index in [1.165, 1.54) is 30.4 Å². The number of anilines is 1. The molecule has 1 aliphatic rings. The van der Waals surface area contributed by atoms with Crippen molar-refractivity contribution >= 4 is 23.5 Å². The van der Waals surface area contributed by atoms with Crippen LogP contribution in [0.4, 0.5) is 10.1 Å². The monoisotopic (exact) mass is 595 g/mol. The van der Waals surface area contributed by atoms with Gasteiger partial charge in [0.15, 0.2) is 0 Å². The summed E-state index contributed by atoms with van der Waals surface area (Å²) in [7, 11) is 1.25. The molecule has 4 aromatic rings. The molecule has 0 radical (unpaired) electrons. The third-order valence-corrected chi connectivity index (χ3v) is 7.60. The van der Waals surface area contributed by atoms with Crippen molar-refractivity contribution in [2.75, 3.05) is 51.8 Å².